The number of thiocarbonyl (C=S) groups is 1. The van der Waals surface area contributed by atoms with Gasteiger partial charge in [-0.25, -0.2) is 4.79 Å². The summed E-state index contributed by atoms with van der Waals surface area (Å²) in [5, 5.41) is 6.65. The van der Waals surface area contributed by atoms with Crippen molar-refractivity contribution in [1.29, 1.82) is 0 Å². The van der Waals surface area contributed by atoms with Crippen molar-refractivity contribution in [2.45, 2.75) is 6.92 Å². The van der Waals surface area contributed by atoms with Crippen molar-refractivity contribution in [3.63, 3.8) is 0 Å². The Morgan fingerprint density at radius 2 is 1.82 bits per heavy atom. The minimum absolute atomic E-state index is 0.106. The number of ether oxygens (including phenoxy) is 1. The van der Waals surface area contributed by atoms with Gasteiger partial charge in [-0.3, -0.25) is 10.1 Å². The van der Waals surface area contributed by atoms with Gasteiger partial charge in [-0.2, -0.15) is 0 Å². The highest BCUT2D eigenvalue weighted by Crippen LogP contribution is 2.32. The van der Waals surface area contributed by atoms with E-state index in [1.165, 1.54) is 7.11 Å². The van der Waals surface area contributed by atoms with Crippen molar-refractivity contribution in [3.8, 4) is 16.9 Å². The summed E-state index contributed by atoms with van der Waals surface area (Å²) in [6.45, 7) is 1.90. The van der Waals surface area contributed by atoms with Gasteiger partial charge in [0.1, 0.15) is 11.3 Å². The first-order valence-corrected chi connectivity index (χ1v) is 12.1. The fourth-order valence-corrected chi connectivity index (χ4v) is 5.04. The van der Waals surface area contributed by atoms with E-state index in [1.807, 2.05) is 37.3 Å². The molecule has 0 saturated carbocycles. The van der Waals surface area contributed by atoms with Crippen LogP contribution in [0.4, 0.5) is 5.69 Å². The van der Waals surface area contributed by atoms with E-state index in [-0.39, 0.29) is 5.11 Å². The average Bonchev–Trinajstić information content (AvgIpc) is 2.79. The van der Waals surface area contributed by atoms with Crippen LogP contribution in [0.5, 0.6) is 5.75 Å². The number of fused-ring (bicyclic) bond motifs is 1. The number of hydrogen-bond acceptors (Lipinski definition) is 5. The molecular formula is C25H18Br2N2O4S. The van der Waals surface area contributed by atoms with Crippen LogP contribution >= 0.6 is 44.1 Å². The minimum Gasteiger partial charge on any atom is -0.495 e. The van der Waals surface area contributed by atoms with E-state index < -0.39 is 11.5 Å². The number of benzene rings is 3. The molecule has 4 rings (SSSR count). The third kappa shape index (κ3) is 5.06. The summed E-state index contributed by atoms with van der Waals surface area (Å²) in [6, 6.07) is 18.1. The summed E-state index contributed by atoms with van der Waals surface area (Å²) < 4.78 is 12.2. The monoisotopic (exact) mass is 600 g/mol. The van der Waals surface area contributed by atoms with E-state index >= 15 is 0 Å². The Morgan fingerprint density at radius 1 is 1.06 bits per heavy atom. The number of rotatable bonds is 4. The molecule has 0 aliphatic heterocycles. The Morgan fingerprint density at radius 3 is 2.59 bits per heavy atom. The Bertz CT molecular complexity index is 1500. The highest BCUT2D eigenvalue weighted by Gasteiger charge is 2.18. The van der Waals surface area contributed by atoms with Gasteiger partial charge >= 0.3 is 5.63 Å². The van der Waals surface area contributed by atoms with Gasteiger partial charge < -0.3 is 14.5 Å². The normalized spacial score (nSPS) is 10.7. The van der Waals surface area contributed by atoms with Gasteiger partial charge in [-0.05, 0) is 76.5 Å². The first-order valence-electron chi connectivity index (χ1n) is 10.1. The second kappa shape index (κ2) is 10.1. The van der Waals surface area contributed by atoms with Crippen LogP contribution in [0.2, 0.25) is 0 Å². The van der Waals surface area contributed by atoms with Crippen LogP contribution in [-0.4, -0.2) is 18.1 Å². The van der Waals surface area contributed by atoms with E-state index in [4.69, 9.17) is 21.4 Å². The molecule has 0 bridgehead atoms. The number of carbonyl (C=O) groups is 1. The maximum absolute atomic E-state index is 12.9. The van der Waals surface area contributed by atoms with Gasteiger partial charge in [-0.1, -0.05) is 46.3 Å². The highest BCUT2D eigenvalue weighted by molar-refractivity contribution is 9.11. The number of aryl methyl sites for hydroxylation is 1. The molecule has 2 N–H and O–H groups in total. The Kier molecular flexibility index (Phi) is 7.16. The van der Waals surface area contributed by atoms with Gasteiger partial charge in [0.25, 0.3) is 5.91 Å². The predicted octanol–water partition coefficient (Wildman–Crippen LogP) is 6.43. The number of para-hydroxylation sites is 1. The summed E-state index contributed by atoms with van der Waals surface area (Å²) in [6.07, 6.45) is 0. The molecule has 0 atom stereocenters. The molecule has 34 heavy (non-hydrogen) atoms. The third-order valence-corrected chi connectivity index (χ3v) is 6.37. The molecule has 3 aromatic carbocycles. The molecule has 1 aromatic heterocycles. The van der Waals surface area contributed by atoms with Crippen molar-refractivity contribution < 1.29 is 13.9 Å². The fourth-order valence-electron chi connectivity index (χ4n) is 3.45. The van der Waals surface area contributed by atoms with E-state index in [0.29, 0.717) is 42.7 Å². The van der Waals surface area contributed by atoms with Crippen LogP contribution in [-0.2, 0) is 0 Å². The van der Waals surface area contributed by atoms with E-state index in [2.05, 4.69) is 42.5 Å². The zero-order chi connectivity index (χ0) is 24.4. The lowest BCUT2D eigenvalue weighted by Gasteiger charge is -2.15. The molecule has 6 nitrogen and oxygen atoms in total. The molecule has 0 aliphatic rings. The quantitative estimate of drug-likeness (QED) is 0.207. The molecule has 0 spiro atoms. The molecule has 0 saturated heterocycles. The van der Waals surface area contributed by atoms with Crippen molar-refractivity contribution in [2.24, 2.45) is 0 Å². The molecule has 1 heterocycles. The second-order valence-electron chi connectivity index (χ2n) is 7.39. The van der Waals surface area contributed by atoms with Crippen LogP contribution in [0.15, 0.2) is 78.8 Å². The van der Waals surface area contributed by atoms with Gasteiger partial charge in [-0.15, -0.1) is 0 Å². The van der Waals surface area contributed by atoms with Crippen molar-refractivity contribution in [1.82, 2.24) is 5.32 Å². The number of carbonyl (C=O) groups excluding carboxylic acids is 1. The van der Waals surface area contributed by atoms with Gasteiger partial charge in [0.2, 0.25) is 0 Å². The Balaban J connectivity index is 1.59. The minimum atomic E-state index is -0.434. The van der Waals surface area contributed by atoms with E-state index in [1.54, 1.807) is 30.3 Å². The van der Waals surface area contributed by atoms with E-state index in [0.717, 1.165) is 10.9 Å². The van der Waals surface area contributed by atoms with Crippen LogP contribution < -0.4 is 21.0 Å². The molecule has 4 aromatic rings. The zero-order valence-corrected chi connectivity index (χ0v) is 22.1. The molecular weight excluding hydrogens is 584 g/mol. The smallest absolute Gasteiger partial charge is 0.344 e. The van der Waals surface area contributed by atoms with Crippen molar-refractivity contribution in [3.05, 3.63) is 91.2 Å². The summed E-state index contributed by atoms with van der Waals surface area (Å²) in [5.74, 6) is -0.0370. The predicted molar refractivity (Wildman–Crippen MR) is 145 cm³/mol. The maximum Gasteiger partial charge on any atom is 0.344 e. The van der Waals surface area contributed by atoms with Crippen LogP contribution in [0.1, 0.15) is 15.9 Å². The Hall–Kier alpha value is -3.01. The number of halogens is 2. The number of methoxy groups -OCH3 is 1. The van der Waals surface area contributed by atoms with Crippen molar-refractivity contribution >= 4 is 71.8 Å². The first kappa shape index (κ1) is 24.1. The standard InChI is InChI=1S/C25H18Br2N2O4S/c1-13-7-8-14(17-9-15-5-3-4-6-21(15)33-24(17)31)10-20(13)28-25(34)29-23(30)18-11-16(26)12-19(27)22(18)32-2/h3-12H,1-2H3,(H2,28,29,30,34). The van der Waals surface area contributed by atoms with E-state index in [9.17, 15) is 9.59 Å². The highest BCUT2D eigenvalue weighted by atomic mass is 79.9. The molecule has 0 fully saturated rings. The largest absolute Gasteiger partial charge is 0.495 e. The number of nitrogens with one attached hydrogen (secondary N) is 2. The lowest BCUT2D eigenvalue weighted by molar-refractivity contribution is 0.0974. The first-order chi connectivity index (χ1) is 16.3. The van der Waals surface area contributed by atoms with Crippen LogP contribution in [0, 0.1) is 6.92 Å². The van der Waals surface area contributed by atoms with Gasteiger partial charge in [0.05, 0.1) is 22.7 Å². The topological polar surface area (TPSA) is 80.6 Å². The molecule has 172 valence electrons. The average molecular weight is 602 g/mol. The number of hydrogen-bond donors (Lipinski definition) is 2. The summed E-state index contributed by atoms with van der Waals surface area (Å²) in [4.78, 5) is 25.4. The lowest BCUT2D eigenvalue weighted by Crippen LogP contribution is -2.34. The molecule has 0 aliphatic carbocycles. The van der Waals surface area contributed by atoms with Gasteiger partial charge in [0, 0.05) is 15.5 Å². The van der Waals surface area contributed by atoms with Crippen molar-refractivity contribution in [2.75, 3.05) is 12.4 Å². The van der Waals surface area contributed by atoms with Gasteiger partial charge in [0.15, 0.2) is 5.11 Å². The summed E-state index contributed by atoms with van der Waals surface area (Å²) in [7, 11) is 1.49. The summed E-state index contributed by atoms with van der Waals surface area (Å²) >= 11 is 12.1. The molecule has 0 radical (unpaired) electrons. The molecule has 0 unspecified atom stereocenters. The van der Waals surface area contributed by atoms with Crippen LogP contribution in [0.25, 0.3) is 22.1 Å². The lowest BCUT2D eigenvalue weighted by atomic mass is 10.0. The Labute approximate surface area is 217 Å². The number of amides is 1. The SMILES string of the molecule is COc1c(Br)cc(Br)cc1C(=O)NC(=S)Nc1cc(-c2cc3ccccc3oc2=O)ccc1C. The third-order valence-electron chi connectivity index (χ3n) is 5.12. The molecule has 1 amide bonds. The number of anilines is 1. The zero-order valence-electron chi connectivity index (χ0n) is 18.1. The second-order valence-corrected chi connectivity index (χ2v) is 9.57. The maximum atomic E-state index is 12.9. The van der Waals surface area contributed by atoms with Crippen LogP contribution in [0.3, 0.4) is 0 Å². The summed E-state index contributed by atoms with van der Waals surface area (Å²) in [5.41, 5.74) is 3.04. The fraction of sp³-hybridized carbons (Fsp3) is 0.0800. The molecule has 9 heteroatoms.